The number of benzene rings is 1. The van der Waals surface area contributed by atoms with Gasteiger partial charge in [-0.3, -0.25) is 9.48 Å². The van der Waals surface area contributed by atoms with Crippen LogP contribution in [0.4, 0.5) is 0 Å². The molecule has 7 heteroatoms. The van der Waals surface area contributed by atoms with Crippen molar-refractivity contribution in [3.05, 3.63) is 48.3 Å². The number of amides is 1. The van der Waals surface area contributed by atoms with Crippen LogP contribution in [-0.2, 0) is 10.3 Å². The Morgan fingerprint density at radius 3 is 2.63 bits per heavy atom. The SMILES string of the molecule is CC(C)Oc1ccc(C(O)CNC(=O)C2(n3cccn3)CCNCC2)cc1. The predicted molar refractivity (Wildman–Crippen MR) is 102 cm³/mol. The summed E-state index contributed by atoms with van der Waals surface area (Å²) in [6.07, 6.45) is 4.17. The van der Waals surface area contributed by atoms with E-state index in [9.17, 15) is 9.90 Å². The molecule has 0 spiro atoms. The van der Waals surface area contributed by atoms with Crippen LogP contribution in [0.25, 0.3) is 0 Å². The first-order valence-corrected chi connectivity index (χ1v) is 9.45. The number of hydrogen-bond donors (Lipinski definition) is 3. The van der Waals surface area contributed by atoms with Gasteiger partial charge in [0.05, 0.1) is 12.2 Å². The maximum Gasteiger partial charge on any atom is 0.248 e. The summed E-state index contributed by atoms with van der Waals surface area (Å²) in [4.78, 5) is 13.0. The molecule has 1 aromatic heterocycles. The van der Waals surface area contributed by atoms with E-state index in [-0.39, 0.29) is 18.6 Å². The number of ether oxygens (including phenoxy) is 1. The van der Waals surface area contributed by atoms with Gasteiger partial charge >= 0.3 is 0 Å². The largest absolute Gasteiger partial charge is 0.491 e. The fraction of sp³-hybridized carbons (Fsp3) is 0.500. The van der Waals surface area contributed by atoms with E-state index in [0.717, 1.165) is 24.4 Å². The summed E-state index contributed by atoms with van der Waals surface area (Å²) in [6.45, 7) is 5.60. The highest BCUT2D eigenvalue weighted by Gasteiger charge is 2.41. The fourth-order valence-corrected chi connectivity index (χ4v) is 3.44. The lowest BCUT2D eigenvalue weighted by atomic mass is 9.87. The molecule has 0 bridgehead atoms. The molecule has 2 aromatic rings. The van der Waals surface area contributed by atoms with E-state index in [4.69, 9.17) is 4.74 Å². The summed E-state index contributed by atoms with van der Waals surface area (Å²) < 4.78 is 7.36. The molecule has 0 saturated carbocycles. The second-order valence-corrected chi connectivity index (χ2v) is 7.19. The Morgan fingerprint density at radius 1 is 1.33 bits per heavy atom. The molecule has 7 nitrogen and oxygen atoms in total. The number of carbonyl (C=O) groups is 1. The molecule has 0 radical (unpaired) electrons. The third-order valence-corrected chi connectivity index (χ3v) is 4.89. The van der Waals surface area contributed by atoms with Gasteiger partial charge in [0.25, 0.3) is 0 Å². The number of rotatable bonds is 7. The third kappa shape index (κ3) is 4.48. The van der Waals surface area contributed by atoms with Crippen molar-refractivity contribution in [2.24, 2.45) is 0 Å². The highest BCUT2D eigenvalue weighted by molar-refractivity contribution is 5.84. The second kappa shape index (κ2) is 8.54. The van der Waals surface area contributed by atoms with Crippen LogP contribution in [0.15, 0.2) is 42.7 Å². The molecule has 2 heterocycles. The summed E-state index contributed by atoms with van der Waals surface area (Å²) in [7, 11) is 0. The zero-order chi connectivity index (χ0) is 19.3. The fourth-order valence-electron chi connectivity index (χ4n) is 3.44. The highest BCUT2D eigenvalue weighted by atomic mass is 16.5. The number of aliphatic hydroxyl groups excluding tert-OH is 1. The van der Waals surface area contributed by atoms with Gasteiger partial charge < -0.3 is 20.5 Å². The van der Waals surface area contributed by atoms with Crippen LogP contribution in [-0.4, -0.2) is 46.5 Å². The van der Waals surface area contributed by atoms with E-state index in [2.05, 4.69) is 15.7 Å². The molecule has 0 aliphatic carbocycles. The van der Waals surface area contributed by atoms with Gasteiger partial charge in [-0.1, -0.05) is 12.1 Å². The van der Waals surface area contributed by atoms with Crippen molar-refractivity contribution in [3.8, 4) is 5.75 Å². The minimum absolute atomic E-state index is 0.100. The number of hydrogen-bond acceptors (Lipinski definition) is 5. The molecule has 3 rings (SSSR count). The first-order chi connectivity index (χ1) is 13.0. The predicted octanol–water partition coefficient (Wildman–Crippen LogP) is 1.60. The van der Waals surface area contributed by atoms with Gasteiger partial charge in [-0.25, -0.2) is 0 Å². The Morgan fingerprint density at radius 2 is 2.04 bits per heavy atom. The van der Waals surface area contributed by atoms with Crippen molar-refractivity contribution >= 4 is 5.91 Å². The number of aliphatic hydroxyl groups is 1. The van der Waals surface area contributed by atoms with Gasteiger partial charge in [0.2, 0.25) is 5.91 Å². The molecule has 146 valence electrons. The van der Waals surface area contributed by atoms with Crippen LogP contribution in [0.3, 0.4) is 0 Å². The van der Waals surface area contributed by atoms with Crippen LogP contribution in [0, 0.1) is 0 Å². The smallest absolute Gasteiger partial charge is 0.248 e. The zero-order valence-electron chi connectivity index (χ0n) is 15.9. The van der Waals surface area contributed by atoms with E-state index in [1.165, 1.54) is 0 Å². The van der Waals surface area contributed by atoms with Crippen molar-refractivity contribution in [1.82, 2.24) is 20.4 Å². The van der Waals surface area contributed by atoms with Crippen molar-refractivity contribution in [2.45, 2.75) is 44.4 Å². The Kier molecular flexibility index (Phi) is 6.13. The van der Waals surface area contributed by atoms with E-state index in [0.29, 0.717) is 12.8 Å². The minimum atomic E-state index is -0.779. The van der Waals surface area contributed by atoms with Gasteiger partial charge in [-0.05, 0) is 63.5 Å². The van der Waals surface area contributed by atoms with E-state index < -0.39 is 11.6 Å². The van der Waals surface area contributed by atoms with E-state index >= 15 is 0 Å². The zero-order valence-corrected chi connectivity index (χ0v) is 15.9. The molecular weight excluding hydrogens is 344 g/mol. The number of piperidine rings is 1. The van der Waals surface area contributed by atoms with Crippen LogP contribution < -0.4 is 15.4 Å². The van der Waals surface area contributed by atoms with Crippen LogP contribution in [0.1, 0.15) is 38.4 Å². The van der Waals surface area contributed by atoms with Gasteiger partial charge in [-0.15, -0.1) is 0 Å². The topological polar surface area (TPSA) is 88.4 Å². The summed E-state index contributed by atoms with van der Waals surface area (Å²) in [5, 5.41) is 21.0. The lowest BCUT2D eigenvalue weighted by Gasteiger charge is -2.36. The second-order valence-electron chi connectivity index (χ2n) is 7.19. The molecular formula is C20H28N4O3. The molecule has 1 aliphatic rings. The van der Waals surface area contributed by atoms with Gasteiger partial charge in [0, 0.05) is 18.9 Å². The van der Waals surface area contributed by atoms with Gasteiger partial charge in [0.1, 0.15) is 11.3 Å². The molecule has 1 amide bonds. The third-order valence-electron chi connectivity index (χ3n) is 4.89. The molecule has 1 atom stereocenters. The highest BCUT2D eigenvalue weighted by Crippen LogP contribution is 2.27. The molecule has 1 unspecified atom stereocenters. The summed E-state index contributed by atoms with van der Waals surface area (Å²) in [5.74, 6) is 0.656. The molecule has 1 aromatic carbocycles. The monoisotopic (exact) mass is 372 g/mol. The molecule has 1 saturated heterocycles. The van der Waals surface area contributed by atoms with Crippen molar-refractivity contribution in [3.63, 3.8) is 0 Å². The maximum absolute atomic E-state index is 13.0. The minimum Gasteiger partial charge on any atom is -0.491 e. The standard InChI is InChI=1S/C20H28N4O3/c1-15(2)27-17-6-4-16(5-7-17)18(25)14-22-19(26)20(8-11-21-12-9-20)24-13-3-10-23-24/h3-7,10,13,15,18,21,25H,8-9,11-12,14H2,1-2H3,(H,22,26). The molecule has 3 N–H and O–H groups in total. The summed E-state index contributed by atoms with van der Waals surface area (Å²) in [5.41, 5.74) is 0.0357. The van der Waals surface area contributed by atoms with Gasteiger partial charge in [0.15, 0.2) is 0 Å². The Bertz CT molecular complexity index is 722. The molecule has 1 fully saturated rings. The Hall–Kier alpha value is -2.38. The lowest BCUT2D eigenvalue weighted by Crippen LogP contribution is -2.55. The molecule has 27 heavy (non-hydrogen) atoms. The molecule has 1 aliphatic heterocycles. The normalized spacial score (nSPS) is 17.5. The van der Waals surface area contributed by atoms with Crippen molar-refractivity contribution in [2.75, 3.05) is 19.6 Å². The lowest BCUT2D eigenvalue weighted by molar-refractivity contribution is -0.132. The number of nitrogens with zero attached hydrogens (tertiary/aromatic N) is 2. The Balaban J connectivity index is 1.63. The average molecular weight is 372 g/mol. The van der Waals surface area contributed by atoms with Crippen molar-refractivity contribution in [1.29, 1.82) is 0 Å². The van der Waals surface area contributed by atoms with Crippen LogP contribution in [0.2, 0.25) is 0 Å². The summed E-state index contributed by atoms with van der Waals surface area (Å²) in [6, 6.07) is 9.13. The summed E-state index contributed by atoms with van der Waals surface area (Å²) >= 11 is 0. The average Bonchev–Trinajstić information content (AvgIpc) is 3.22. The first kappa shape index (κ1) is 19.4. The van der Waals surface area contributed by atoms with Crippen LogP contribution >= 0.6 is 0 Å². The van der Waals surface area contributed by atoms with E-state index in [1.807, 2.05) is 50.4 Å². The maximum atomic E-state index is 13.0. The first-order valence-electron chi connectivity index (χ1n) is 9.45. The number of carbonyl (C=O) groups excluding carboxylic acids is 1. The number of aromatic nitrogens is 2. The Labute approximate surface area is 159 Å². The number of nitrogens with one attached hydrogen (secondary N) is 2. The quantitative estimate of drug-likeness (QED) is 0.687. The van der Waals surface area contributed by atoms with E-state index in [1.54, 1.807) is 10.9 Å². The van der Waals surface area contributed by atoms with Gasteiger partial charge in [-0.2, -0.15) is 5.10 Å². The van der Waals surface area contributed by atoms with Crippen LogP contribution in [0.5, 0.6) is 5.75 Å². The van der Waals surface area contributed by atoms with Crippen molar-refractivity contribution < 1.29 is 14.6 Å².